The largest absolute Gasteiger partial charge is 0.306 e. The zero-order valence-corrected chi connectivity index (χ0v) is 15.5. The van der Waals surface area contributed by atoms with Crippen molar-refractivity contribution in [2.24, 2.45) is 0 Å². The van der Waals surface area contributed by atoms with Gasteiger partial charge in [-0.05, 0) is 30.5 Å². The van der Waals surface area contributed by atoms with Crippen LogP contribution in [0.25, 0.3) is 16.5 Å². The fourth-order valence-electron chi connectivity index (χ4n) is 2.67. The minimum atomic E-state index is -0.633. The minimum absolute atomic E-state index is 0.0985. The number of nitrogens with one attached hydrogen (secondary N) is 2. The van der Waals surface area contributed by atoms with Gasteiger partial charge in [-0.1, -0.05) is 18.2 Å². The fraction of sp³-hybridized carbons (Fsp3) is 0.0526. The van der Waals surface area contributed by atoms with Crippen LogP contribution in [0.5, 0.6) is 0 Å². The molecule has 9 heteroatoms. The van der Waals surface area contributed by atoms with Crippen LogP contribution in [0.15, 0.2) is 58.7 Å². The zero-order chi connectivity index (χ0) is 19.7. The molecule has 7 nitrogen and oxygen atoms in total. The lowest BCUT2D eigenvalue weighted by Gasteiger charge is -2.08. The molecule has 0 atom stereocenters. The third kappa shape index (κ3) is 3.47. The van der Waals surface area contributed by atoms with Crippen molar-refractivity contribution >= 4 is 23.1 Å². The third-order valence-corrected chi connectivity index (χ3v) is 4.79. The second kappa shape index (κ2) is 7.20. The Morgan fingerprint density at radius 3 is 2.75 bits per heavy atom. The molecule has 1 aromatic carbocycles. The number of benzene rings is 1. The standard InChI is InChI=1S/C19H14FN5O2S/c1-11-9-17(26)23-19(21-11)25-16(10-14(24-25)15-7-4-8-28-15)22-18(27)12-5-2-3-6-13(12)20/h2-10H,1H3,(H,22,27)(H,21,23,26). The average molecular weight is 395 g/mol. The molecule has 0 unspecified atom stereocenters. The lowest BCUT2D eigenvalue weighted by atomic mass is 10.2. The molecule has 0 radical (unpaired) electrons. The van der Waals surface area contributed by atoms with E-state index in [0.29, 0.717) is 11.4 Å². The summed E-state index contributed by atoms with van der Waals surface area (Å²) in [5, 5.41) is 9.01. The Labute approximate surface area is 162 Å². The molecule has 4 rings (SSSR count). The van der Waals surface area contributed by atoms with Gasteiger partial charge in [-0.3, -0.25) is 14.6 Å². The Hall–Kier alpha value is -3.59. The van der Waals surface area contributed by atoms with Gasteiger partial charge < -0.3 is 5.32 Å². The van der Waals surface area contributed by atoms with E-state index in [1.807, 2.05) is 17.5 Å². The smallest absolute Gasteiger partial charge is 0.259 e. The molecule has 0 spiro atoms. The molecule has 3 heterocycles. The molecule has 0 saturated carbocycles. The van der Waals surface area contributed by atoms with E-state index in [-0.39, 0.29) is 22.9 Å². The molecular formula is C19H14FN5O2S. The normalized spacial score (nSPS) is 10.8. The summed E-state index contributed by atoms with van der Waals surface area (Å²) in [7, 11) is 0. The average Bonchev–Trinajstić information content (AvgIpc) is 3.30. The van der Waals surface area contributed by atoms with Crippen LogP contribution < -0.4 is 10.9 Å². The quantitative estimate of drug-likeness (QED) is 0.554. The highest BCUT2D eigenvalue weighted by Crippen LogP contribution is 2.27. The summed E-state index contributed by atoms with van der Waals surface area (Å²) in [6.45, 7) is 1.68. The van der Waals surface area contributed by atoms with Gasteiger partial charge in [0.2, 0.25) is 5.95 Å². The summed E-state index contributed by atoms with van der Waals surface area (Å²) in [6, 6.07) is 12.4. The zero-order valence-electron chi connectivity index (χ0n) is 14.6. The number of halogens is 1. The second-order valence-electron chi connectivity index (χ2n) is 5.95. The van der Waals surface area contributed by atoms with Crippen LogP contribution in [0, 0.1) is 12.7 Å². The van der Waals surface area contributed by atoms with E-state index in [1.165, 1.54) is 40.3 Å². The lowest BCUT2D eigenvalue weighted by molar-refractivity contribution is 0.102. The summed E-state index contributed by atoms with van der Waals surface area (Å²) in [4.78, 5) is 32.2. The molecule has 0 fully saturated rings. The number of carbonyl (C=O) groups is 1. The number of amides is 1. The van der Waals surface area contributed by atoms with Crippen LogP contribution in [0.1, 0.15) is 16.1 Å². The maximum Gasteiger partial charge on any atom is 0.259 e. The van der Waals surface area contributed by atoms with Crippen molar-refractivity contribution in [1.82, 2.24) is 19.7 Å². The summed E-state index contributed by atoms with van der Waals surface area (Å²) < 4.78 is 15.3. The Morgan fingerprint density at radius 1 is 1.21 bits per heavy atom. The van der Waals surface area contributed by atoms with Crippen molar-refractivity contribution in [2.45, 2.75) is 6.92 Å². The second-order valence-corrected chi connectivity index (χ2v) is 6.90. The number of aryl methyl sites for hydroxylation is 1. The van der Waals surface area contributed by atoms with Crippen molar-refractivity contribution < 1.29 is 9.18 Å². The number of aromatic amines is 1. The number of aromatic nitrogens is 4. The van der Waals surface area contributed by atoms with Crippen molar-refractivity contribution in [3.05, 3.63) is 81.3 Å². The maximum atomic E-state index is 14.0. The number of hydrogen-bond donors (Lipinski definition) is 2. The van der Waals surface area contributed by atoms with E-state index in [9.17, 15) is 14.0 Å². The molecule has 140 valence electrons. The number of hydrogen-bond acceptors (Lipinski definition) is 5. The van der Waals surface area contributed by atoms with Crippen LogP contribution >= 0.6 is 11.3 Å². The van der Waals surface area contributed by atoms with Crippen LogP contribution in [-0.4, -0.2) is 25.7 Å². The van der Waals surface area contributed by atoms with Gasteiger partial charge >= 0.3 is 0 Å². The summed E-state index contributed by atoms with van der Waals surface area (Å²) in [6.07, 6.45) is 0. The molecule has 0 bridgehead atoms. The molecule has 0 aliphatic carbocycles. The monoisotopic (exact) mass is 395 g/mol. The van der Waals surface area contributed by atoms with Crippen LogP contribution in [0.3, 0.4) is 0 Å². The molecule has 2 N–H and O–H groups in total. The molecule has 28 heavy (non-hydrogen) atoms. The van der Waals surface area contributed by atoms with E-state index in [2.05, 4.69) is 20.4 Å². The van der Waals surface area contributed by atoms with E-state index in [1.54, 1.807) is 19.1 Å². The first-order valence-electron chi connectivity index (χ1n) is 8.29. The van der Waals surface area contributed by atoms with Gasteiger partial charge in [-0.25, -0.2) is 9.37 Å². The number of rotatable bonds is 4. The first-order valence-corrected chi connectivity index (χ1v) is 9.17. The Kier molecular flexibility index (Phi) is 4.58. The summed E-state index contributed by atoms with van der Waals surface area (Å²) >= 11 is 1.48. The predicted molar refractivity (Wildman–Crippen MR) is 104 cm³/mol. The van der Waals surface area contributed by atoms with Gasteiger partial charge in [-0.15, -0.1) is 11.3 Å². The van der Waals surface area contributed by atoms with Crippen molar-refractivity contribution in [3.8, 4) is 16.5 Å². The number of H-pyrrole nitrogens is 1. The molecule has 0 aliphatic rings. The SMILES string of the molecule is Cc1cc(=O)[nH]c(-n2nc(-c3cccs3)cc2NC(=O)c2ccccc2F)n1. The third-order valence-electron chi connectivity index (χ3n) is 3.90. The highest BCUT2D eigenvalue weighted by molar-refractivity contribution is 7.13. The number of anilines is 1. The van der Waals surface area contributed by atoms with Crippen molar-refractivity contribution in [3.63, 3.8) is 0 Å². The van der Waals surface area contributed by atoms with Gasteiger partial charge in [0.25, 0.3) is 11.5 Å². The van der Waals surface area contributed by atoms with E-state index in [4.69, 9.17) is 0 Å². The summed E-state index contributed by atoms with van der Waals surface area (Å²) in [5.74, 6) is -0.861. The van der Waals surface area contributed by atoms with Crippen LogP contribution in [0.2, 0.25) is 0 Å². The predicted octanol–water partition coefficient (Wildman–Crippen LogP) is 3.38. The molecule has 4 aromatic rings. The molecule has 0 aliphatic heterocycles. The summed E-state index contributed by atoms with van der Waals surface area (Å²) in [5.41, 5.74) is 0.641. The molecular weight excluding hydrogens is 381 g/mol. The van der Waals surface area contributed by atoms with Crippen LogP contribution in [-0.2, 0) is 0 Å². The van der Waals surface area contributed by atoms with Crippen molar-refractivity contribution in [1.29, 1.82) is 0 Å². The highest BCUT2D eigenvalue weighted by atomic mass is 32.1. The van der Waals surface area contributed by atoms with E-state index < -0.39 is 11.7 Å². The maximum absolute atomic E-state index is 14.0. The number of carbonyl (C=O) groups excluding carboxylic acids is 1. The Balaban J connectivity index is 1.80. The van der Waals surface area contributed by atoms with Crippen LogP contribution in [0.4, 0.5) is 10.2 Å². The van der Waals surface area contributed by atoms with Gasteiger partial charge in [0, 0.05) is 17.8 Å². The van der Waals surface area contributed by atoms with Gasteiger partial charge in [-0.2, -0.15) is 9.78 Å². The van der Waals surface area contributed by atoms with E-state index >= 15 is 0 Å². The van der Waals surface area contributed by atoms with Gasteiger partial charge in [0.1, 0.15) is 17.3 Å². The molecule has 0 saturated heterocycles. The number of thiophene rings is 1. The molecule has 3 aromatic heterocycles. The van der Waals surface area contributed by atoms with Crippen molar-refractivity contribution in [2.75, 3.05) is 5.32 Å². The highest BCUT2D eigenvalue weighted by Gasteiger charge is 2.18. The Bertz CT molecular complexity index is 1210. The van der Waals surface area contributed by atoms with E-state index in [0.717, 1.165) is 4.88 Å². The van der Waals surface area contributed by atoms with Gasteiger partial charge in [0.05, 0.1) is 10.4 Å². The Morgan fingerprint density at radius 2 is 2.04 bits per heavy atom. The number of nitrogens with zero attached hydrogens (tertiary/aromatic N) is 3. The minimum Gasteiger partial charge on any atom is -0.306 e. The first-order chi connectivity index (χ1) is 13.5. The fourth-order valence-corrected chi connectivity index (χ4v) is 3.35. The topological polar surface area (TPSA) is 92.7 Å². The van der Waals surface area contributed by atoms with Gasteiger partial charge in [0.15, 0.2) is 0 Å². The first kappa shape index (κ1) is 17.8. The molecule has 1 amide bonds. The lowest BCUT2D eigenvalue weighted by Crippen LogP contribution is -2.19.